The van der Waals surface area contributed by atoms with Gasteiger partial charge in [-0.15, -0.1) is 0 Å². The lowest BCUT2D eigenvalue weighted by Gasteiger charge is -2.50. The quantitative estimate of drug-likeness (QED) is 0.213. The van der Waals surface area contributed by atoms with Gasteiger partial charge in [0.25, 0.3) is 0 Å². The summed E-state index contributed by atoms with van der Waals surface area (Å²) < 4.78 is 0. The van der Waals surface area contributed by atoms with Crippen LogP contribution in [0.2, 0.25) is 0 Å². The largest absolute Gasteiger partial charge is 0.316 e. The van der Waals surface area contributed by atoms with Gasteiger partial charge < -0.3 is 14.7 Å². The van der Waals surface area contributed by atoms with Crippen molar-refractivity contribution in [2.75, 3.05) is 14.7 Å². The number of hydrogen-bond acceptors (Lipinski definition) is 3. The van der Waals surface area contributed by atoms with Crippen molar-refractivity contribution in [2.24, 2.45) is 0 Å². The van der Waals surface area contributed by atoms with Crippen molar-refractivity contribution >= 4 is 73.7 Å². The molecule has 0 unspecified atom stereocenters. The minimum absolute atomic E-state index is 0.152. The van der Waals surface area contributed by atoms with Crippen LogP contribution in [0.15, 0.2) is 121 Å². The smallest absolute Gasteiger partial charge is 0.247 e. The van der Waals surface area contributed by atoms with Crippen molar-refractivity contribution in [3.05, 3.63) is 132 Å². The third kappa shape index (κ3) is 2.60. The molecule has 6 aromatic carbocycles. The first-order chi connectivity index (χ1) is 20.6. The Morgan fingerprint density at radius 3 is 2.17 bits per heavy atom. The SMILES string of the molecule is CC1(C)N(c2ccccc2)c2ccc3c4c2N1c1cccc2c1N4c1c(cc4ccccc4c1B2c1ccccc1)C3. The summed E-state index contributed by atoms with van der Waals surface area (Å²) in [4.78, 5) is 7.81. The zero-order valence-electron chi connectivity index (χ0n) is 23.7. The maximum Gasteiger partial charge on any atom is 0.247 e. The molecule has 0 radical (unpaired) electrons. The van der Waals surface area contributed by atoms with Gasteiger partial charge in [-0.25, -0.2) is 0 Å². The number of nitrogens with zero attached hydrogens (tertiary/aromatic N) is 3. The molecule has 0 saturated carbocycles. The van der Waals surface area contributed by atoms with E-state index in [-0.39, 0.29) is 12.4 Å². The van der Waals surface area contributed by atoms with Gasteiger partial charge in [0.2, 0.25) is 6.71 Å². The molecule has 4 heterocycles. The monoisotopic (exact) mass is 537 g/mol. The van der Waals surface area contributed by atoms with Crippen LogP contribution in [0.3, 0.4) is 0 Å². The van der Waals surface area contributed by atoms with Crippen LogP contribution in [0, 0.1) is 0 Å². The standard InChI is InChI=1S/C38H28BN3/c1-38(2)41(28-15-7-4-8-16-28)32-21-20-25-23-26-22-24-12-9-10-17-29(24)33-34(26)40-35(25)37(32)42(38)31-19-11-18-30(36(31)40)39(33)27-13-5-3-6-14-27/h3-22H,23H2,1-2H3. The summed E-state index contributed by atoms with van der Waals surface area (Å²) in [6.45, 7) is 4.89. The maximum atomic E-state index is 2.65. The van der Waals surface area contributed by atoms with Crippen LogP contribution in [-0.2, 0) is 6.42 Å². The predicted molar refractivity (Wildman–Crippen MR) is 177 cm³/mol. The van der Waals surface area contributed by atoms with Crippen LogP contribution in [0.25, 0.3) is 10.8 Å². The first-order valence-electron chi connectivity index (χ1n) is 15.0. The summed E-state index contributed by atoms with van der Waals surface area (Å²) in [5.74, 6) is 0. The van der Waals surface area contributed by atoms with Crippen LogP contribution in [-0.4, -0.2) is 12.4 Å². The highest BCUT2D eigenvalue weighted by atomic mass is 15.5. The number of benzene rings is 6. The molecular formula is C38H28BN3. The summed E-state index contributed by atoms with van der Waals surface area (Å²) >= 11 is 0. The Bertz CT molecular complexity index is 2120. The Morgan fingerprint density at radius 2 is 1.33 bits per heavy atom. The number of anilines is 7. The van der Waals surface area contributed by atoms with Gasteiger partial charge in [0, 0.05) is 17.8 Å². The van der Waals surface area contributed by atoms with E-state index in [0.717, 1.165) is 6.42 Å². The molecule has 0 bridgehead atoms. The first kappa shape index (κ1) is 22.7. The summed E-state index contributed by atoms with van der Waals surface area (Å²) in [5, 5.41) is 2.68. The van der Waals surface area contributed by atoms with Gasteiger partial charge in [0.1, 0.15) is 5.66 Å². The molecule has 0 saturated heterocycles. The van der Waals surface area contributed by atoms with E-state index in [1.54, 1.807) is 0 Å². The number of hydrogen-bond donors (Lipinski definition) is 0. The van der Waals surface area contributed by atoms with Crippen molar-refractivity contribution in [3.63, 3.8) is 0 Å². The Kier molecular flexibility index (Phi) is 4.14. The van der Waals surface area contributed by atoms with Crippen LogP contribution in [0.4, 0.5) is 39.8 Å². The minimum atomic E-state index is -0.299. The molecule has 0 spiro atoms. The summed E-state index contributed by atoms with van der Waals surface area (Å²) in [6.07, 6.45) is 0.935. The molecule has 4 heteroatoms. The zero-order chi connectivity index (χ0) is 27.7. The van der Waals surface area contributed by atoms with Gasteiger partial charge in [-0.05, 0) is 77.0 Å². The predicted octanol–water partition coefficient (Wildman–Crippen LogP) is 7.38. The summed E-state index contributed by atoms with van der Waals surface area (Å²) in [7, 11) is 0. The molecule has 0 aliphatic carbocycles. The maximum absolute atomic E-state index is 2.65. The van der Waals surface area contributed by atoms with E-state index in [1.165, 1.54) is 78.1 Å². The molecule has 0 N–H and O–H groups in total. The third-order valence-electron chi connectivity index (χ3n) is 10.00. The van der Waals surface area contributed by atoms with Crippen molar-refractivity contribution in [2.45, 2.75) is 25.9 Å². The average molecular weight is 537 g/mol. The fraction of sp³-hybridized carbons (Fsp3) is 0.105. The second kappa shape index (κ2) is 7.66. The van der Waals surface area contributed by atoms with E-state index in [2.05, 4.69) is 150 Å². The molecule has 6 aromatic rings. The zero-order valence-corrected chi connectivity index (χ0v) is 23.7. The highest BCUT2D eigenvalue weighted by molar-refractivity contribution is 6.99. The molecular weight excluding hydrogens is 509 g/mol. The summed E-state index contributed by atoms with van der Waals surface area (Å²) in [6, 6.07) is 45.2. The van der Waals surface area contributed by atoms with Gasteiger partial charge in [0.15, 0.2) is 0 Å². The van der Waals surface area contributed by atoms with E-state index in [0.29, 0.717) is 0 Å². The van der Waals surface area contributed by atoms with Gasteiger partial charge >= 0.3 is 0 Å². The minimum Gasteiger partial charge on any atom is -0.316 e. The molecule has 4 aliphatic heterocycles. The topological polar surface area (TPSA) is 9.72 Å². The molecule has 42 heavy (non-hydrogen) atoms. The highest BCUT2D eigenvalue weighted by Gasteiger charge is 2.53. The first-order valence-corrected chi connectivity index (χ1v) is 15.0. The lowest BCUT2D eigenvalue weighted by molar-refractivity contribution is 0.539. The number of fused-ring (bicyclic) bond motifs is 3. The summed E-state index contributed by atoms with van der Waals surface area (Å²) in [5.41, 5.74) is 15.9. The van der Waals surface area contributed by atoms with Crippen molar-refractivity contribution in [1.82, 2.24) is 0 Å². The highest BCUT2D eigenvalue weighted by Crippen LogP contribution is 2.65. The molecule has 0 atom stereocenters. The molecule has 10 rings (SSSR count). The lowest BCUT2D eigenvalue weighted by Crippen LogP contribution is -2.59. The molecule has 0 aromatic heterocycles. The number of para-hydroxylation sites is 2. The van der Waals surface area contributed by atoms with Crippen molar-refractivity contribution in [3.8, 4) is 0 Å². The molecule has 0 amide bonds. The Labute approximate surface area is 246 Å². The second-order valence-corrected chi connectivity index (χ2v) is 12.5. The molecule has 0 fully saturated rings. The Hall–Kier alpha value is -4.96. The Morgan fingerprint density at radius 1 is 0.595 bits per heavy atom. The van der Waals surface area contributed by atoms with Gasteiger partial charge in [-0.3, -0.25) is 0 Å². The van der Waals surface area contributed by atoms with Gasteiger partial charge in [-0.1, -0.05) is 96.5 Å². The lowest BCUT2D eigenvalue weighted by atomic mass is 9.34. The molecule has 3 nitrogen and oxygen atoms in total. The van der Waals surface area contributed by atoms with Crippen molar-refractivity contribution < 1.29 is 0 Å². The Balaban J connectivity index is 1.37. The molecule has 4 aliphatic rings. The fourth-order valence-corrected chi connectivity index (χ4v) is 8.53. The average Bonchev–Trinajstić information content (AvgIpc) is 3.27. The van der Waals surface area contributed by atoms with Crippen LogP contribution < -0.4 is 31.1 Å². The van der Waals surface area contributed by atoms with Crippen LogP contribution >= 0.6 is 0 Å². The second-order valence-electron chi connectivity index (χ2n) is 12.5. The van der Waals surface area contributed by atoms with Crippen molar-refractivity contribution in [1.29, 1.82) is 0 Å². The van der Waals surface area contributed by atoms with Gasteiger partial charge in [-0.2, -0.15) is 0 Å². The normalized spacial score (nSPS) is 16.2. The van der Waals surface area contributed by atoms with Gasteiger partial charge in [0.05, 0.1) is 28.4 Å². The fourth-order valence-electron chi connectivity index (χ4n) is 8.53. The van der Waals surface area contributed by atoms with E-state index in [1.807, 2.05) is 0 Å². The van der Waals surface area contributed by atoms with E-state index in [9.17, 15) is 0 Å². The van der Waals surface area contributed by atoms with E-state index >= 15 is 0 Å². The number of rotatable bonds is 2. The third-order valence-corrected chi connectivity index (χ3v) is 10.00. The van der Waals surface area contributed by atoms with E-state index in [4.69, 9.17) is 0 Å². The molecule has 198 valence electrons. The van der Waals surface area contributed by atoms with Crippen LogP contribution in [0.1, 0.15) is 25.0 Å². The van der Waals surface area contributed by atoms with E-state index < -0.39 is 0 Å². The van der Waals surface area contributed by atoms with Crippen LogP contribution in [0.5, 0.6) is 0 Å².